The van der Waals surface area contributed by atoms with Gasteiger partial charge in [-0.2, -0.15) is 10.4 Å². The molecule has 8 rings (SSSR count). The van der Waals surface area contributed by atoms with Gasteiger partial charge in [0.15, 0.2) is 0 Å². The topological polar surface area (TPSA) is 89.5 Å². The number of piperidine rings is 2. The molecule has 0 aromatic carbocycles. The minimum atomic E-state index is 0.530. The summed E-state index contributed by atoms with van der Waals surface area (Å²) >= 11 is 0. The van der Waals surface area contributed by atoms with Gasteiger partial charge >= 0.3 is 0 Å². The van der Waals surface area contributed by atoms with Gasteiger partial charge in [0.1, 0.15) is 11.9 Å². The van der Waals surface area contributed by atoms with Crippen LogP contribution < -0.4 is 4.90 Å². The van der Waals surface area contributed by atoms with Crippen molar-refractivity contribution in [2.45, 2.75) is 64.2 Å². The van der Waals surface area contributed by atoms with E-state index in [-0.39, 0.29) is 0 Å². The van der Waals surface area contributed by atoms with E-state index in [1.54, 1.807) is 6.20 Å². The molecule has 8 heterocycles. The van der Waals surface area contributed by atoms with Crippen LogP contribution in [-0.4, -0.2) is 72.6 Å². The van der Waals surface area contributed by atoms with E-state index in [4.69, 9.17) is 9.97 Å². The van der Waals surface area contributed by atoms with Crippen molar-refractivity contribution in [1.82, 2.24) is 34.4 Å². The first kappa shape index (κ1) is 25.1. The Morgan fingerprint density at radius 3 is 2.48 bits per heavy atom. The number of fused-ring (bicyclic) bond motifs is 3. The van der Waals surface area contributed by atoms with E-state index in [1.807, 2.05) is 23.1 Å². The summed E-state index contributed by atoms with van der Waals surface area (Å²) in [6.07, 6.45) is 15.5. The van der Waals surface area contributed by atoms with Crippen molar-refractivity contribution in [2.75, 3.05) is 31.1 Å². The minimum absolute atomic E-state index is 0.530. The molecule has 9 heteroatoms. The molecule has 4 aliphatic rings. The van der Waals surface area contributed by atoms with Gasteiger partial charge in [0.2, 0.25) is 0 Å². The third-order valence-corrected chi connectivity index (χ3v) is 8.84. The number of likely N-dealkylation sites (tertiary alicyclic amines) is 1. The average molecular weight is 534 g/mol. The fourth-order valence-corrected chi connectivity index (χ4v) is 6.64. The van der Waals surface area contributed by atoms with Crippen molar-refractivity contribution < 1.29 is 0 Å². The van der Waals surface area contributed by atoms with E-state index in [0.717, 1.165) is 74.0 Å². The van der Waals surface area contributed by atoms with Crippen LogP contribution in [0.5, 0.6) is 0 Å². The van der Waals surface area contributed by atoms with Crippen LogP contribution in [0.2, 0.25) is 0 Å². The van der Waals surface area contributed by atoms with Gasteiger partial charge in [-0.3, -0.25) is 19.8 Å². The second-order valence-electron chi connectivity index (χ2n) is 11.5. The standard InChI is InChI=1S/C31H35N9/c1-2-25-7-6-22(13-33-25)18-39-26-11-27(39)21-38(20-26)30-16-34-29(15-35-30)28-10-23(17-37-8-4-3-5-9-37)19-40-31(28)24(12-32)14-36-40/h6-7,10,13-16,19,26-27H,2-5,8-9,11,17-18,20-21H2,1H3. The molecule has 204 valence electrons. The Morgan fingerprint density at radius 1 is 0.925 bits per heavy atom. The highest BCUT2D eigenvalue weighted by Crippen LogP contribution is 2.36. The van der Waals surface area contributed by atoms with E-state index in [2.05, 4.69) is 62.2 Å². The summed E-state index contributed by atoms with van der Waals surface area (Å²) < 4.78 is 1.83. The predicted molar refractivity (Wildman–Crippen MR) is 154 cm³/mol. The fraction of sp³-hybridized carbons (Fsp3) is 0.452. The average Bonchev–Trinajstić information content (AvgIpc) is 3.43. The molecular weight excluding hydrogens is 498 g/mol. The lowest BCUT2D eigenvalue weighted by molar-refractivity contribution is -0.00878. The van der Waals surface area contributed by atoms with Gasteiger partial charge in [0.25, 0.3) is 0 Å². The summed E-state index contributed by atoms with van der Waals surface area (Å²) in [6.45, 7) is 8.15. The highest BCUT2D eigenvalue weighted by Gasteiger charge is 2.44. The molecule has 0 radical (unpaired) electrons. The van der Waals surface area contributed by atoms with Gasteiger partial charge in [-0.25, -0.2) is 9.50 Å². The number of hydrogen-bond donors (Lipinski definition) is 0. The highest BCUT2D eigenvalue weighted by molar-refractivity contribution is 5.83. The van der Waals surface area contributed by atoms with Crippen LogP contribution in [0.3, 0.4) is 0 Å². The highest BCUT2D eigenvalue weighted by atomic mass is 15.4. The van der Waals surface area contributed by atoms with Crippen LogP contribution in [0.25, 0.3) is 16.8 Å². The lowest BCUT2D eigenvalue weighted by Crippen LogP contribution is -2.68. The Morgan fingerprint density at radius 2 is 1.77 bits per heavy atom. The first-order valence-electron chi connectivity index (χ1n) is 14.6. The van der Waals surface area contributed by atoms with Crippen molar-refractivity contribution in [2.24, 2.45) is 0 Å². The maximum atomic E-state index is 9.75. The van der Waals surface area contributed by atoms with Gasteiger partial charge < -0.3 is 4.90 Å². The number of piperazine rings is 1. The van der Waals surface area contributed by atoms with Crippen molar-refractivity contribution in [3.05, 3.63) is 71.6 Å². The molecule has 2 bridgehead atoms. The second-order valence-corrected chi connectivity index (χ2v) is 11.5. The van der Waals surface area contributed by atoms with Crippen LogP contribution in [-0.2, 0) is 19.5 Å². The molecule has 40 heavy (non-hydrogen) atoms. The molecular formula is C31H35N9. The Labute approximate surface area is 235 Å². The number of anilines is 1. The Hall–Kier alpha value is -3.87. The maximum absolute atomic E-state index is 9.75. The molecule has 2 unspecified atom stereocenters. The molecule has 4 fully saturated rings. The SMILES string of the molecule is CCc1ccc(CN2C3CC2CN(c2cnc(-c4cc(CN5CCCCC5)cn5ncc(C#N)c45)cn2)C3)cn1. The van der Waals surface area contributed by atoms with Crippen LogP contribution in [0.1, 0.15) is 55.0 Å². The number of nitriles is 1. The van der Waals surface area contributed by atoms with E-state index >= 15 is 0 Å². The van der Waals surface area contributed by atoms with Crippen LogP contribution in [0.4, 0.5) is 5.82 Å². The largest absolute Gasteiger partial charge is 0.352 e. The van der Waals surface area contributed by atoms with Crippen molar-refractivity contribution >= 4 is 11.3 Å². The summed E-state index contributed by atoms with van der Waals surface area (Å²) in [7, 11) is 0. The van der Waals surface area contributed by atoms with E-state index in [0.29, 0.717) is 17.6 Å². The molecule has 4 aromatic heterocycles. The zero-order valence-electron chi connectivity index (χ0n) is 23.1. The molecule has 4 aliphatic heterocycles. The summed E-state index contributed by atoms with van der Waals surface area (Å²) in [5.74, 6) is 0.918. The van der Waals surface area contributed by atoms with Crippen molar-refractivity contribution in [1.29, 1.82) is 5.26 Å². The third-order valence-electron chi connectivity index (χ3n) is 8.84. The number of nitrogens with zero attached hydrogens (tertiary/aromatic N) is 9. The van der Waals surface area contributed by atoms with Crippen molar-refractivity contribution in [3.63, 3.8) is 0 Å². The first-order chi connectivity index (χ1) is 19.7. The van der Waals surface area contributed by atoms with E-state index < -0.39 is 0 Å². The first-order valence-corrected chi connectivity index (χ1v) is 14.6. The molecule has 2 atom stereocenters. The molecule has 9 nitrogen and oxygen atoms in total. The smallest absolute Gasteiger partial charge is 0.147 e. The molecule has 0 spiro atoms. The van der Waals surface area contributed by atoms with E-state index in [1.165, 1.54) is 36.8 Å². The predicted octanol–water partition coefficient (Wildman–Crippen LogP) is 4.07. The van der Waals surface area contributed by atoms with Crippen LogP contribution >= 0.6 is 0 Å². The third kappa shape index (κ3) is 4.72. The van der Waals surface area contributed by atoms with E-state index in [9.17, 15) is 5.26 Å². The normalized spacial score (nSPS) is 21.4. The summed E-state index contributed by atoms with van der Waals surface area (Å²) in [5.41, 5.74) is 6.65. The lowest BCUT2D eigenvalue weighted by atomic mass is 9.87. The Balaban J connectivity index is 1.09. The monoisotopic (exact) mass is 533 g/mol. The number of hydrogen-bond acceptors (Lipinski definition) is 8. The van der Waals surface area contributed by atoms with Crippen LogP contribution in [0, 0.1) is 11.3 Å². The summed E-state index contributed by atoms with van der Waals surface area (Å²) in [4.78, 5) is 21.8. The Kier molecular flexibility index (Phi) is 6.66. The van der Waals surface area contributed by atoms with Gasteiger partial charge in [-0.1, -0.05) is 19.4 Å². The number of aromatic nitrogens is 5. The number of rotatable bonds is 7. The molecule has 0 N–H and O–H groups in total. The molecule has 0 aliphatic carbocycles. The summed E-state index contributed by atoms with van der Waals surface area (Å²) in [5, 5.41) is 14.2. The van der Waals surface area contributed by atoms with Gasteiger partial charge in [-0.05, 0) is 62.0 Å². The minimum Gasteiger partial charge on any atom is -0.352 e. The quantitative estimate of drug-likeness (QED) is 0.351. The van der Waals surface area contributed by atoms with Crippen LogP contribution in [0.15, 0.2) is 49.2 Å². The molecule has 4 aromatic rings. The fourth-order valence-electron chi connectivity index (χ4n) is 6.64. The molecule has 4 saturated heterocycles. The number of aryl methyl sites for hydroxylation is 1. The molecule has 0 amide bonds. The zero-order valence-corrected chi connectivity index (χ0v) is 23.1. The summed E-state index contributed by atoms with van der Waals surface area (Å²) in [6, 6.07) is 9.90. The molecule has 0 saturated carbocycles. The van der Waals surface area contributed by atoms with Gasteiger partial charge in [0, 0.05) is 61.9 Å². The number of pyridine rings is 2. The van der Waals surface area contributed by atoms with Crippen molar-refractivity contribution in [3.8, 4) is 17.3 Å². The zero-order chi connectivity index (χ0) is 27.1. The Bertz CT molecular complexity index is 1520. The van der Waals surface area contributed by atoms with Gasteiger partial charge in [0.05, 0.1) is 35.4 Å². The second kappa shape index (κ2) is 10.6. The lowest BCUT2D eigenvalue weighted by Gasteiger charge is -2.56. The van der Waals surface area contributed by atoms with Gasteiger partial charge in [-0.15, -0.1) is 0 Å². The maximum Gasteiger partial charge on any atom is 0.147 e.